The summed E-state index contributed by atoms with van der Waals surface area (Å²) in [4.78, 5) is 2.51. The van der Waals surface area contributed by atoms with Crippen LogP contribution in [0.5, 0.6) is 0 Å². The number of hydrogen-bond acceptors (Lipinski definition) is 2. The highest BCUT2D eigenvalue weighted by atomic mass is 15.1. The molecule has 0 spiro atoms. The second-order valence-corrected chi connectivity index (χ2v) is 6.60. The zero-order chi connectivity index (χ0) is 12.0. The second kappa shape index (κ2) is 6.61. The maximum atomic E-state index is 3.43. The zero-order valence-corrected chi connectivity index (χ0v) is 11.7. The van der Waals surface area contributed by atoms with Crippen molar-refractivity contribution in [3.63, 3.8) is 0 Å². The largest absolute Gasteiger partial charge is 0.317 e. The second-order valence-electron chi connectivity index (χ2n) is 6.60. The lowest BCUT2D eigenvalue weighted by Crippen LogP contribution is -2.31. The molecule has 16 heavy (non-hydrogen) atoms. The third kappa shape index (κ3) is 6.49. The summed E-state index contributed by atoms with van der Waals surface area (Å²) in [5, 5.41) is 3.43. The van der Waals surface area contributed by atoms with E-state index >= 15 is 0 Å². The van der Waals surface area contributed by atoms with E-state index in [-0.39, 0.29) is 0 Å². The van der Waals surface area contributed by atoms with Crippen molar-refractivity contribution in [2.45, 2.75) is 46.5 Å². The Labute approximate surface area is 102 Å². The number of piperidine rings is 1. The molecule has 0 amide bonds. The van der Waals surface area contributed by atoms with Crippen LogP contribution in [-0.2, 0) is 0 Å². The van der Waals surface area contributed by atoms with Crippen LogP contribution in [0.25, 0.3) is 0 Å². The quantitative estimate of drug-likeness (QED) is 0.775. The van der Waals surface area contributed by atoms with E-state index in [2.05, 4.69) is 38.0 Å². The molecule has 0 unspecified atom stereocenters. The van der Waals surface area contributed by atoms with Crippen LogP contribution in [0.1, 0.15) is 46.5 Å². The first-order valence-corrected chi connectivity index (χ1v) is 6.87. The van der Waals surface area contributed by atoms with E-state index in [4.69, 9.17) is 0 Å². The van der Waals surface area contributed by atoms with Crippen LogP contribution in [-0.4, -0.2) is 38.1 Å². The predicted octanol–water partition coefficient (Wildman–Crippen LogP) is 2.74. The molecular formula is C14H30N2. The van der Waals surface area contributed by atoms with Crippen LogP contribution < -0.4 is 5.32 Å². The van der Waals surface area contributed by atoms with Gasteiger partial charge in [0.1, 0.15) is 0 Å². The van der Waals surface area contributed by atoms with Crippen molar-refractivity contribution in [3.05, 3.63) is 0 Å². The Bertz CT molecular complexity index is 178. The topological polar surface area (TPSA) is 15.3 Å². The van der Waals surface area contributed by atoms with Gasteiger partial charge in [-0.2, -0.15) is 0 Å². The van der Waals surface area contributed by atoms with Gasteiger partial charge < -0.3 is 10.2 Å². The zero-order valence-electron chi connectivity index (χ0n) is 11.7. The molecule has 0 aromatic carbocycles. The van der Waals surface area contributed by atoms with Crippen molar-refractivity contribution in [3.8, 4) is 0 Å². The average molecular weight is 226 g/mol. The maximum absolute atomic E-state index is 3.43. The van der Waals surface area contributed by atoms with E-state index in [0.717, 1.165) is 5.92 Å². The van der Waals surface area contributed by atoms with Gasteiger partial charge in [0.25, 0.3) is 0 Å². The van der Waals surface area contributed by atoms with Crippen molar-refractivity contribution < 1.29 is 0 Å². The van der Waals surface area contributed by atoms with Gasteiger partial charge in [0.05, 0.1) is 0 Å². The van der Waals surface area contributed by atoms with Crippen molar-refractivity contribution in [1.29, 1.82) is 0 Å². The molecule has 0 atom stereocenters. The van der Waals surface area contributed by atoms with E-state index in [0.29, 0.717) is 5.41 Å². The highest BCUT2D eigenvalue weighted by Crippen LogP contribution is 2.19. The molecule has 0 aromatic heterocycles. The predicted molar refractivity (Wildman–Crippen MR) is 71.8 cm³/mol. The minimum Gasteiger partial charge on any atom is -0.317 e. The summed E-state index contributed by atoms with van der Waals surface area (Å²) in [6, 6.07) is 0. The van der Waals surface area contributed by atoms with Crippen molar-refractivity contribution >= 4 is 0 Å². The lowest BCUT2D eigenvalue weighted by molar-refractivity contribution is 0.237. The Hall–Kier alpha value is -0.0800. The highest BCUT2D eigenvalue weighted by Gasteiger charge is 2.15. The molecule has 0 saturated carbocycles. The normalized spacial score (nSPS) is 19.3. The summed E-state index contributed by atoms with van der Waals surface area (Å²) in [6.45, 7) is 12.0. The minimum atomic E-state index is 0.475. The van der Waals surface area contributed by atoms with Crippen molar-refractivity contribution in [2.24, 2.45) is 11.3 Å². The first-order chi connectivity index (χ1) is 7.47. The number of nitrogens with one attached hydrogen (secondary N) is 1. The first kappa shape index (κ1) is 14.0. The summed E-state index contributed by atoms with van der Waals surface area (Å²) < 4.78 is 0. The molecule has 1 saturated heterocycles. The maximum Gasteiger partial charge on any atom is -0.00168 e. The van der Waals surface area contributed by atoms with Gasteiger partial charge >= 0.3 is 0 Å². The van der Waals surface area contributed by atoms with Gasteiger partial charge in [-0.25, -0.2) is 0 Å². The Morgan fingerprint density at radius 2 is 1.75 bits per heavy atom. The lowest BCUT2D eigenvalue weighted by atomic mass is 9.91. The van der Waals surface area contributed by atoms with Crippen LogP contribution in [0.4, 0.5) is 0 Å². The molecule has 2 heteroatoms. The van der Waals surface area contributed by atoms with Gasteiger partial charge in [0.15, 0.2) is 0 Å². The third-order valence-corrected chi connectivity index (χ3v) is 3.62. The molecule has 1 fully saturated rings. The Kier molecular flexibility index (Phi) is 5.77. The van der Waals surface area contributed by atoms with Crippen LogP contribution in [0.3, 0.4) is 0 Å². The minimum absolute atomic E-state index is 0.475. The monoisotopic (exact) mass is 226 g/mol. The molecule has 1 aliphatic heterocycles. The molecule has 2 nitrogen and oxygen atoms in total. The summed E-state index contributed by atoms with van der Waals surface area (Å²) in [6.07, 6.45) is 5.46. The molecule has 0 aliphatic carbocycles. The van der Waals surface area contributed by atoms with E-state index in [1.807, 2.05) is 0 Å². The molecule has 96 valence electrons. The summed E-state index contributed by atoms with van der Waals surface area (Å²) in [5.41, 5.74) is 0.475. The Morgan fingerprint density at radius 1 is 1.12 bits per heavy atom. The van der Waals surface area contributed by atoms with E-state index < -0.39 is 0 Å². The average Bonchev–Trinajstić information content (AvgIpc) is 2.24. The standard InChI is InChI=1S/C14H30N2/c1-14(2,3)8-12-16(4)11-7-13-5-9-15-10-6-13/h13,15H,5-12H2,1-4H3. The highest BCUT2D eigenvalue weighted by molar-refractivity contribution is 4.70. The summed E-state index contributed by atoms with van der Waals surface area (Å²) in [7, 11) is 2.27. The van der Waals surface area contributed by atoms with Crippen LogP contribution in [0, 0.1) is 11.3 Å². The molecule has 0 radical (unpaired) electrons. The third-order valence-electron chi connectivity index (χ3n) is 3.62. The van der Waals surface area contributed by atoms with Gasteiger partial charge in [-0.3, -0.25) is 0 Å². The molecule has 1 heterocycles. The molecule has 1 aliphatic rings. The Balaban J connectivity index is 2.07. The van der Waals surface area contributed by atoms with Gasteiger partial charge in [0, 0.05) is 0 Å². The van der Waals surface area contributed by atoms with E-state index in [9.17, 15) is 0 Å². The lowest BCUT2D eigenvalue weighted by Gasteiger charge is -2.27. The molecular weight excluding hydrogens is 196 g/mol. The van der Waals surface area contributed by atoms with Crippen molar-refractivity contribution in [1.82, 2.24) is 10.2 Å². The van der Waals surface area contributed by atoms with E-state index in [1.165, 1.54) is 51.9 Å². The summed E-state index contributed by atoms with van der Waals surface area (Å²) in [5.74, 6) is 0.971. The van der Waals surface area contributed by atoms with Gasteiger partial charge in [-0.1, -0.05) is 20.8 Å². The molecule has 0 aromatic rings. The first-order valence-electron chi connectivity index (χ1n) is 6.87. The number of nitrogens with zero attached hydrogens (tertiary/aromatic N) is 1. The fourth-order valence-corrected chi connectivity index (χ4v) is 2.21. The van der Waals surface area contributed by atoms with Gasteiger partial charge in [0.2, 0.25) is 0 Å². The van der Waals surface area contributed by atoms with Crippen LogP contribution >= 0.6 is 0 Å². The number of rotatable bonds is 5. The SMILES string of the molecule is CN(CCC1CCNCC1)CCC(C)(C)C. The number of hydrogen-bond donors (Lipinski definition) is 1. The summed E-state index contributed by atoms with van der Waals surface area (Å²) >= 11 is 0. The van der Waals surface area contributed by atoms with Crippen LogP contribution in [0.15, 0.2) is 0 Å². The molecule has 1 rings (SSSR count). The Morgan fingerprint density at radius 3 is 2.31 bits per heavy atom. The van der Waals surface area contributed by atoms with Crippen molar-refractivity contribution in [2.75, 3.05) is 33.2 Å². The smallest absolute Gasteiger partial charge is 0.00168 e. The fraction of sp³-hybridized carbons (Fsp3) is 1.00. The molecule has 0 bridgehead atoms. The fourth-order valence-electron chi connectivity index (χ4n) is 2.21. The van der Waals surface area contributed by atoms with Gasteiger partial charge in [-0.15, -0.1) is 0 Å². The van der Waals surface area contributed by atoms with Crippen LogP contribution in [0.2, 0.25) is 0 Å². The van der Waals surface area contributed by atoms with Gasteiger partial charge in [-0.05, 0) is 70.2 Å². The van der Waals surface area contributed by atoms with E-state index in [1.54, 1.807) is 0 Å². The molecule has 1 N–H and O–H groups in total.